The van der Waals surface area contributed by atoms with Crippen molar-refractivity contribution in [3.63, 3.8) is 0 Å². The van der Waals surface area contributed by atoms with Gasteiger partial charge in [-0.3, -0.25) is 4.79 Å². The fourth-order valence-electron chi connectivity index (χ4n) is 2.92. The van der Waals surface area contributed by atoms with E-state index in [1.54, 1.807) is 12.1 Å². The maximum Gasteiger partial charge on any atom is 0.267 e. The number of carbonyl (C=O) groups is 1. The third kappa shape index (κ3) is 4.57. The zero-order valence-corrected chi connectivity index (χ0v) is 16.1. The van der Waals surface area contributed by atoms with Gasteiger partial charge in [-0.25, -0.2) is 9.37 Å². The molecule has 2 aromatic rings. The second-order valence-electron chi connectivity index (χ2n) is 6.92. The molecule has 0 aliphatic heterocycles. The SMILES string of the molecule is CCC(C)N[C@@H](c1ccc(Cl)c(Oc2ccc(C(N)=O)nc2)c1F)C1CC1. The Labute approximate surface area is 163 Å². The van der Waals surface area contributed by atoms with Crippen molar-refractivity contribution in [1.82, 2.24) is 10.3 Å². The predicted octanol–water partition coefficient (Wildman–Crippen LogP) is 4.60. The fraction of sp³-hybridized carbons (Fsp3) is 0.400. The molecule has 1 fully saturated rings. The van der Waals surface area contributed by atoms with E-state index >= 15 is 4.39 Å². The molecule has 0 saturated heterocycles. The van der Waals surface area contributed by atoms with Crippen LogP contribution in [0.2, 0.25) is 5.02 Å². The molecule has 3 N–H and O–H groups in total. The van der Waals surface area contributed by atoms with Crippen LogP contribution in [-0.2, 0) is 0 Å². The van der Waals surface area contributed by atoms with Crippen molar-refractivity contribution in [2.24, 2.45) is 11.7 Å². The summed E-state index contributed by atoms with van der Waals surface area (Å²) in [5.74, 6) is -0.473. The Bertz CT molecular complexity index is 825. The van der Waals surface area contributed by atoms with Crippen LogP contribution in [0.4, 0.5) is 4.39 Å². The van der Waals surface area contributed by atoms with E-state index in [-0.39, 0.29) is 34.3 Å². The van der Waals surface area contributed by atoms with Gasteiger partial charge in [0.05, 0.1) is 11.2 Å². The number of halogens is 2. The lowest BCUT2D eigenvalue weighted by molar-refractivity contribution is 0.0995. The molecule has 1 saturated carbocycles. The number of nitrogens with two attached hydrogens (primary N) is 1. The maximum absolute atomic E-state index is 15.3. The molecule has 5 nitrogen and oxygen atoms in total. The summed E-state index contributed by atoms with van der Waals surface area (Å²) in [4.78, 5) is 15.0. The second kappa shape index (κ2) is 8.23. The number of primary amides is 1. The molecule has 1 aromatic heterocycles. The number of hydrogen-bond donors (Lipinski definition) is 2. The highest BCUT2D eigenvalue weighted by molar-refractivity contribution is 6.32. The summed E-state index contributed by atoms with van der Waals surface area (Å²) in [6.45, 7) is 4.18. The minimum Gasteiger partial charge on any atom is -0.451 e. The summed E-state index contributed by atoms with van der Waals surface area (Å²) < 4.78 is 20.9. The van der Waals surface area contributed by atoms with Crippen LogP contribution in [0.5, 0.6) is 11.5 Å². The average Bonchev–Trinajstić information content (AvgIpc) is 3.49. The van der Waals surface area contributed by atoms with Crippen molar-refractivity contribution in [3.8, 4) is 11.5 Å². The van der Waals surface area contributed by atoms with Gasteiger partial charge in [0.2, 0.25) is 0 Å². The summed E-state index contributed by atoms with van der Waals surface area (Å²) >= 11 is 6.19. The molecule has 2 atom stereocenters. The highest BCUT2D eigenvalue weighted by Gasteiger charge is 2.35. The standard InChI is InChI=1S/C20H23ClFN3O2/c1-3-11(2)25-18(12-4-5-12)14-7-8-15(21)19(17(14)22)27-13-6-9-16(20(23)26)24-10-13/h6-12,18,25H,3-5H2,1-2H3,(H2,23,26)/t11?,18-/m1/s1. The summed E-state index contributed by atoms with van der Waals surface area (Å²) in [5.41, 5.74) is 5.83. The number of nitrogens with zero attached hydrogens (tertiary/aromatic N) is 1. The molecule has 1 aromatic carbocycles. The van der Waals surface area contributed by atoms with Crippen LogP contribution in [0.1, 0.15) is 55.2 Å². The van der Waals surface area contributed by atoms with Crippen LogP contribution in [0, 0.1) is 11.7 Å². The number of hydrogen-bond acceptors (Lipinski definition) is 4. The van der Waals surface area contributed by atoms with Crippen LogP contribution in [0.3, 0.4) is 0 Å². The molecule has 1 unspecified atom stereocenters. The number of aromatic nitrogens is 1. The molecule has 0 bridgehead atoms. The zero-order chi connectivity index (χ0) is 19.6. The van der Waals surface area contributed by atoms with E-state index in [0.29, 0.717) is 11.5 Å². The van der Waals surface area contributed by atoms with E-state index in [9.17, 15) is 4.79 Å². The summed E-state index contributed by atoms with van der Waals surface area (Å²) in [5, 5.41) is 3.69. The minimum atomic E-state index is -0.642. The van der Waals surface area contributed by atoms with Crippen LogP contribution >= 0.6 is 11.6 Å². The van der Waals surface area contributed by atoms with Gasteiger partial charge in [0.1, 0.15) is 11.4 Å². The molecular formula is C20H23ClFN3O2. The number of amides is 1. The van der Waals surface area contributed by atoms with Crippen LogP contribution in [0.15, 0.2) is 30.5 Å². The Morgan fingerprint density at radius 1 is 1.41 bits per heavy atom. The Hall–Kier alpha value is -2.18. The van der Waals surface area contributed by atoms with Gasteiger partial charge in [-0.2, -0.15) is 0 Å². The van der Waals surface area contributed by atoms with Crippen molar-refractivity contribution < 1.29 is 13.9 Å². The number of pyridine rings is 1. The lowest BCUT2D eigenvalue weighted by Gasteiger charge is -2.24. The minimum absolute atomic E-state index is 0.0422. The molecule has 1 aliphatic carbocycles. The van der Waals surface area contributed by atoms with Gasteiger partial charge in [-0.05, 0) is 50.3 Å². The van der Waals surface area contributed by atoms with Crippen molar-refractivity contribution in [3.05, 3.63) is 52.6 Å². The number of carbonyl (C=O) groups excluding carboxylic acids is 1. The average molecular weight is 392 g/mol. The van der Waals surface area contributed by atoms with Crippen LogP contribution in [-0.4, -0.2) is 16.9 Å². The van der Waals surface area contributed by atoms with Gasteiger partial charge in [-0.15, -0.1) is 0 Å². The molecule has 1 heterocycles. The Morgan fingerprint density at radius 3 is 2.70 bits per heavy atom. The molecule has 0 radical (unpaired) electrons. The smallest absolute Gasteiger partial charge is 0.267 e. The molecular weight excluding hydrogens is 369 g/mol. The molecule has 144 valence electrons. The first kappa shape index (κ1) is 19.6. The zero-order valence-electron chi connectivity index (χ0n) is 15.3. The summed E-state index contributed by atoms with van der Waals surface area (Å²) in [7, 11) is 0. The molecule has 1 amide bonds. The largest absolute Gasteiger partial charge is 0.451 e. The van der Waals surface area contributed by atoms with Gasteiger partial charge < -0.3 is 15.8 Å². The normalized spacial score (nSPS) is 16.0. The van der Waals surface area contributed by atoms with Gasteiger partial charge in [0, 0.05) is 17.6 Å². The number of benzene rings is 1. The van der Waals surface area contributed by atoms with Crippen molar-refractivity contribution in [1.29, 1.82) is 0 Å². The van der Waals surface area contributed by atoms with E-state index in [1.807, 2.05) is 0 Å². The second-order valence-corrected chi connectivity index (χ2v) is 7.32. The van der Waals surface area contributed by atoms with E-state index in [4.69, 9.17) is 22.1 Å². The third-order valence-electron chi connectivity index (χ3n) is 4.79. The Balaban J connectivity index is 1.89. The van der Waals surface area contributed by atoms with Crippen molar-refractivity contribution in [2.45, 2.75) is 45.2 Å². The van der Waals surface area contributed by atoms with E-state index < -0.39 is 11.7 Å². The van der Waals surface area contributed by atoms with E-state index in [0.717, 1.165) is 19.3 Å². The first-order valence-electron chi connectivity index (χ1n) is 9.08. The lowest BCUT2D eigenvalue weighted by atomic mass is 10.00. The maximum atomic E-state index is 15.3. The molecule has 7 heteroatoms. The highest BCUT2D eigenvalue weighted by Crippen LogP contribution is 2.45. The van der Waals surface area contributed by atoms with Crippen molar-refractivity contribution in [2.75, 3.05) is 0 Å². The fourth-order valence-corrected chi connectivity index (χ4v) is 3.10. The topological polar surface area (TPSA) is 77.2 Å². The van der Waals surface area contributed by atoms with Gasteiger partial charge in [0.25, 0.3) is 5.91 Å². The van der Waals surface area contributed by atoms with Crippen LogP contribution < -0.4 is 15.8 Å². The van der Waals surface area contributed by atoms with E-state index in [2.05, 4.69) is 24.1 Å². The lowest BCUT2D eigenvalue weighted by Crippen LogP contribution is -2.32. The van der Waals surface area contributed by atoms with Gasteiger partial charge in [-0.1, -0.05) is 24.6 Å². The monoisotopic (exact) mass is 391 g/mol. The van der Waals surface area contributed by atoms with Gasteiger partial charge in [0.15, 0.2) is 11.6 Å². The third-order valence-corrected chi connectivity index (χ3v) is 5.09. The summed E-state index contributed by atoms with van der Waals surface area (Å²) in [6, 6.07) is 6.50. The quantitative estimate of drug-likeness (QED) is 0.689. The Kier molecular flexibility index (Phi) is 5.97. The van der Waals surface area contributed by atoms with Gasteiger partial charge >= 0.3 is 0 Å². The molecule has 27 heavy (non-hydrogen) atoms. The molecule has 0 spiro atoms. The first-order valence-corrected chi connectivity index (χ1v) is 9.46. The predicted molar refractivity (Wildman–Crippen MR) is 103 cm³/mol. The Morgan fingerprint density at radius 2 is 2.15 bits per heavy atom. The van der Waals surface area contributed by atoms with Crippen molar-refractivity contribution >= 4 is 17.5 Å². The number of rotatable bonds is 8. The number of nitrogens with one attached hydrogen (secondary N) is 1. The molecule has 1 aliphatic rings. The first-order chi connectivity index (χ1) is 12.9. The highest BCUT2D eigenvalue weighted by atomic mass is 35.5. The molecule has 3 rings (SSSR count). The number of ether oxygens (including phenoxy) is 1. The summed E-state index contributed by atoms with van der Waals surface area (Å²) in [6.07, 6.45) is 4.42. The van der Waals surface area contributed by atoms with E-state index in [1.165, 1.54) is 18.3 Å². The van der Waals surface area contributed by atoms with Crippen LogP contribution in [0.25, 0.3) is 0 Å².